The van der Waals surface area contributed by atoms with E-state index in [4.69, 9.17) is 11.6 Å². The smallest absolute Gasteiger partial charge is 0.240 e. The number of carbonyl (C=O) groups excluding carboxylic acids is 1. The summed E-state index contributed by atoms with van der Waals surface area (Å²) < 4.78 is 25.4. The molecular weight excluding hydrogens is 384 g/mol. The summed E-state index contributed by atoms with van der Waals surface area (Å²) in [5.41, 5.74) is 3.57. The van der Waals surface area contributed by atoms with Crippen LogP contribution in [0.2, 0.25) is 5.02 Å². The molecule has 146 valence electrons. The Morgan fingerprint density at radius 2 is 1.89 bits per heavy atom. The van der Waals surface area contributed by atoms with Crippen LogP contribution in [0.4, 0.5) is 5.69 Å². The first-order chi connectivity index (χ1) is 12.7. The Hall–Kier alpha value is -2.05. The largest absolute Gasteiger partial charge is 0.355 e. The van der Waals surface area contributed by atoms with Crippen LogP contribution in [0.25, 0.3) is 0 Å². The summed E-state index contributed by atoms with van der Waals surface area (Å²) in [4.78, 5) is 12.3. The fourth-order valence-electron chi connectivity index (χ4n) is 2.81. The van der Waals surface area contributed by atoms with Crippen LogP contribution in [0.15, 0.2) is 42.5 Å². The first-order valence-electron chi connectivity index (χ1n) is 8.73. The van der Waals surface area contributed by atoms with Gasteiger partial charge in [0.15, 0.2) is 0 Å². The Bertz CT molecular complexity index is 913. The maximum atomic E-state index is 12.3. The van der Waals surface area contributed by atoms with Crippen LogP contribution in [0.1, 0.15) is 23.1 Å². The predicted molar refractivity (Wildman–Crippen MR) is 111 cm³/mol. The van der Waals surface area contributed by atoms with Crippen LogP contribution in [0, 0.1) is 13.8 Å². The molecule has 0 fully saturated rings. The van der Waals surface area contributed by atoms with Crippen molar-refractivity contribution in [1.29, 1.82) is 0 Å². The van der Waals surface area contributed by atoms with Crippen LogP contribution < -0.4 is 9.62 Å². The Balaban J connectivity index is 1.95. The van der Waals surface area contributed by atoms with E-state index in [2.05, 4.69) is 17.4 Å². The van der Waals surface area contributed by atoms with Crippen molar-refractivity contribution in [1.82, 2.24) is 5.32 Å². The Labute approximate surface area is 166 Å². The molecule has 0 aromatic heterocycles. The van der Waals surface area contributed by atoms with Crippen molar-refractivity contribution in [2.24, 2.45) is 0 Å². The number of amides is 1. The summed E-state index contributed by atoms with van der Waals surface area (Å²) in [6, 6.07) is 13.2. The average Bonchev–Trinajstić information content (AvgIpc) is 2.58. The minimum absolute atomic E-state index is 0.273. The first-order valence-corrected chi connectivity index (χ1v) is 11.0. The first kappa shape index (κ1) is 21.3. The molecule has 0 heterocycles. The van der Waals surface area contributed by atoms with Gasteiger partial charge in [0, 0.05) is 11.6 Å². The summed E-state index contributed by atoms with van der Waals surface area (Å²) >= 11 is 6.00. The van der Waals surface area contributed by atoms with Gasteiger partial charge in [-0.25, -0.2) is 8.42 Å². The fraction of sp³-hybridized carbons (Fsp3) is 0.350. The molecule has 0 aliphatic heterocycles. The van der Waals surface area contributed by atoms with E-state index in [9.17, 15) is 13.2 Å². The second-order valence-corrected chi connectivity index (χ2v) is 8.99. The van der Waals surface area contributed by atoms with Crippen molar-refractivity contribution in [3.05, 3.63) is 64.2 Å². The maximum Gasteiger partial charge on any atom is 0.240 e. The lowest BCUT2D eigenvalue weighted by Gasteiger charge is -2.23. The highest BCUT2D eigenvalue weighted by atomic mass is 35.5. The number of carbonyl (C=O) groups is 1. The zero-order chi connectivity index (χ0) is 20.0. The normalized spacial score (nSPS) is 11.3. The molecule has 0 saturated carbocycles. The van der Waals surface area contributed by atoms with Crippen LogP contribution in [0.5, 0.6) is 0 Å². The SMILES string of the molecule is Cc1cccc(CCCNC(=O)CN(c2cc(Cl)ccc2C)S(C)(=O)=O)c1. The molecule has 0 radical (unpaired) electrons. The van der Waals surface area contributed by atoms with Crippen molar-refractivity contribution in [2.75, 3.05) is 23.7 Å². The Kier molecular flexibility index (Phi) is 7.27. The third-order valence-electron chi connectivity index (χ3n) is 4.17. The van der Waals surface area contributed by atoms with Crippen molar-refractivity contribution in [3.63, 3.8) is 0 Å². The maximum absolute atomic E-state index is 12.3. The quantitative estimate of drug-likeness (QED) is 0.680. The van der Waals surface area contributed by atoms with Gasteiger partial charge in [-0.2, -0.15) is 0 Å². The van der Waals surface area contributed by atoms with Gasteiger partial charge >= 0.3 is 0 Å². The van der Waals surface area contributed by atoms with E-state index in [0.717, 1.165) is 29.0 Å². The lowest BCUT2D eigenvalue weighted by molar-refractivity contribution is -0.119. The lowest BCUT2D eigenvalue weighted by Crippen LogP contribution is -2.41. The average molecular weight is 409 g/mol. The summed E-state index contributed by atoms with van der Waals surface area (Å²) in [7, 11) is -3.62. The third kappa shape index (κ3) is 6.56. The molecule has 5 nitrogen and oxygen atoms in total. The third-order valence-corrected chi connectivity index (χ3v) is 5.54. The number of rotatable bonds is 8. The van der Waals surface area contributed by atoms with Crippen molar-refractivity contribution in [2.45, 2.75) is 26.7 Å². The summed E-state index contributed by atoms with van der Waals surface area (Å²) in [6.45, 7) is 4.04. The number of nitrogens with one attached hydrogen (secondary N) is 1. The van der Waals surface area contributed by atoms with Gasteiger partial charge in [0.25, 0.3) is 0 Å². The molecule has 0 atom stereocenters. The summed E-state index contributed by atoms with van der Waals surface area (Å²) in [5, 5.41) is 3.22. The molecule has 1 N–H and O–H groups in total. The highest BCUT2D eigenvalue weighted by molar-refractivity contribution is 7.92. The zero-order valence-corrected chi connectivity index (χ0v) is 17.4. The highest BCUT2D eigenvalue weighted by Gasteiger charge is 2.22. The summed E-state index contributed by atoms with van der Waals surface area (Å²) in [6.07, 6.45) is 2.72. The van der Waals surface area contributed by atoms with Crippen LogP contribution >= 0.6 is 11.6 Å². The van der Waals surface area contributed by atoms with E-state index in [1.54, 1.807) is 25.1 Å². The molecule has 2 aromatic rings. The molecule has 2 aromatic carbocycles. The van der Waals surface area contributed by atoms with Gasteiger partial charge < -0.3 is 5.32 Å². The minimum atomic E-state index is -3.62. The lowest BCUT2D eigenvalue weighted by atomic mass is 10.1. The van der Waals surface area contributed by atoms with Gasteiger partial charge in [-0.3, -0.25) is 9.10 Å². The van der Waals surface area contributed by atoms with Gasteiger partial charge in [0.05, 0.1) is 11.9 Å². The molecule has 0 aliphatic carbocycles. The number of nitrogens with zero attached hydrogens (tertiary/aromatic N) is 1. The molecule has 0 aliphatic rings. The van der Waals surface area contributed by atoms with E-state index in [1.165, 1.54) is 11.1 Å². The monoisotopic (exact) mass is 408 g/mol. The van der Waals surface area contributed by atoms with Gasteiger partial charge in [-0.1, -0.05) is 47.5 Å². The number of anilines is 1. The van der Waals surface area contributed by atoms with Gasteiger partial charge in [-0.05, 0) is 49.9 Å². The highest BCUT2D eigenvalue weighted by Crippen LogP contribution is 2.26. The topological polar surface area (TPSA) is 66.5 Å². The molecule has 0 bridgehead atoms. The fourth-order valence-corrected chi connectivity index (χ4v) is 3.88. The second-order valence-electron chi connectivity index (χ2n) is 6.64. The van der Waals surface area contributed by atoms with E-state index >= 15 is 0 Å². The minimum Gasteiger partial charge on any atom is -0.355 e. The van der Waals surface area contributed by atoms with Crippen molar-refractivity contribution >= 4 is 33.2 Å². The van der Waals surface area contributed by atoms with E-state index in [1.807, 2.05) is 19.1 Å². The number of sulfonamides is 1. The number of benzene rings is 2. The van der Waals surface area contributed by atoms with Crippen LogP contribution in [0.3, 0.4) is 0 Å². The second kappa shape index (κ2) is 9.24. The van der Waals surface area contributed by atoms with E-state index in [0.29, 0.717) is 17.3 Å². The van der Waals surface area contributed by atoms with Crippen LogP contribution in [-0.4, -0.2) is 33.7 Å². The van der Waals surface area contributed by atoms with Gasteiger partial charge in [0.2, 0.25) is 15.9 Å². The molecule has 2 rings (SSSR count). The number of hydrogen-bond donors (Lipinski definition) is 1. The van der Waals surface area contributed by atoms with Gasteiger partial charge in [-0.15, -0.1) is 0 Å². The molecule has 0 saturated heterocycles. The van der Waals surface area contributed by atoms with Crippen molar-refractivity contribution < 1.29 is 13.2 Å². The number of aryl methyl sites for hydroxylation is 3. The molecule has 1 amide bonds. The van der Waals surface area contributed by atoms with Crippen molar-refractivity contribution in [3.8, 4) is 0 Å². The molecule has 7 heteroatoms. The van der Waals surface area contributed by atoms with E-state index < -0.39 is 10.0 Å². The standard InChI is InChI=1S/C20H25ClN2O3S/c1-15-6-4-7-17(12-15)8-5-11-22-20(24)14-23(27(3,25)26)19-13-18(21)10-9-16(19)2/h4,6-7,9-10,12-13H,5,8,11,14H2,1-3H3,(H,22,24). The van der Waals surface area contributed by atoms with Crippen LogP contribution in [-0.2, 0) is 21.2 Å². The zero-order valence-electron chi connectivity index (χ0n) is 15.8. The molecular formula is C20H25ClN2O3S. The Morgan fingerprint density at radius 1 is 1.15 bits per heavy atom. The number of halogens is 1. The summed E-state index contributed by atoms with van der Waals surface area (Å²) in [5.74, 6) is -0.343. The number of hydrogen-bond acceptors (Lipinski definition) is 3. The molecule has 0 spiro atoms. The van der Waals surface area contributed by atoms with E-state index in [-0.39, 0.29) is 12.5 Å². The molecule has 27 heavy (non-hydrogen) atoms. The van der Waals surface area contributed by atoms with Gasteiger partial charge in [0.1, 0.15) is 6.54 Å². The molecule has 0 unspecified atom stereocenters. The predicted octanol–water partition coefficient (Wildman–Crippen LogP) is 3.47. The Morgan fingerprint density at radius 3 is 2.56 bits per heavy atom.